The number of ether oxygens (including phenoxy) is 3. The van der Waals surface area contributed by atoms with E-state index in [-0.39, 0.29) is 5.91 Å². The number of rotatable bonds is 5. The van der Waals surface area contributed by atoms with Crippen LogP contribution >= 0.6 is 0 Å². The van der Waals surface area contributed by atoms with Crippen LogP contribution < -0.4 is 14.4 Å². The molecule has 0 spiro atoms. The summed E-state index contributed by atoms with van der Waals surface area (Å²) in [6, 6.07) is 11.2. The Bertz CT molecular complexity index is 1110. The van der Waals surface area contributed by atoms with E-state index in [1.807, 2.05) is 30.3 Å². The molecule has 0 saturated carbocycles. The Morgan fingerprint density at radius 1 is 1.03 bits per heavy atom. The van der Waals surface area contributed by atoms with Crippen LogP contribution in [0.1, 0.15) is 10.4 Å². The number of carbonyl (C=O) groups excluding carboxylic acids is 1. The highest BCUT2D eigenvalue weighted by Crippen LogP contribution is 2.36. The maximum absolute atomic E-state index is 12.4. The molecule has 2 aromatic carbocycles. The molecule has 0 atom stereocenters. The minimum atomic E-state index is -0.0672. The monoisotopic (exact) mass is 422 g/mol. The number of anilines is 1. The highest BCUT2D eigenvalue weighted by atomic mass is 16.5. The molecule has 4 rings (SSSR count). The number of nitrogens with zero attached hydrogens (tertiary/aromatic N) is 4. The Balaban J connectivity index is 1.90. The van der Waals surface area contributed by atoms with Gasteiger partial charge in [-0.2, -0.15) is 0 Å². The molecule has 1 amide bonds. The van der Waals surface area contributed by atoms with Gasteiger partial charge in [-0.3, -0.25) is 4.79 Å². The molecule has 0 aliphatic carbocycles. The lowest BCUT2D eigenvalue weighted by Crippen LogP contribution is -2.37. The first-order valence-electron chi connectivity index (χ1n) is 10.1. The molecule has 1 aliphatic rings. The van der Waals surface area contributed by atoms with Gasteiger partial charge in [-0.25, -0.2) is 9.97 Å². The predicted molar refractivity (Wildman–Crippen MR) is 119 cm³/mol. The Morgan fingerprint density at radius 2 is 1.74 bits per heavy atom. The highest BCUT2D eigenvalue weighted by Gasteiger charge is 2.20. The second-order valence-corrected chi connectivity index (χ2v) is 7.47. The van der Waals surface area contributed by atoms with Crippen LogP contribution in [0.4, 0.5) is 5.82 Å². The lowest BCUT2D eigenvalue weighted by molar-refractivity contribution is 0.0827. The van der Waals surface area contributed by atoms with Crippen molar-refractivity contribution < 1.29 is 19.0 Å². The summed E-state index contributed by atoms with van der Waals surface area (Å²) in [5, 5.41) is 0.879. The molecule has 31 heavy (non-hydrogen) atoms. The Kier molecular flexibility index (Phi) is 5.90. The fourth-order valence-corrected chi connectivity index (χ4v) is 3.63. The molecule has 2 heterocycles. The highest BCUT2D eigenvalue weighted by molar-refractivity contribution is 5.96. The van der Waals surface area contributed by atoms with E-state index in [1.165, 1.54) is 0 Å². The zero-order chi connectivity index (χ0) is 22.0. The largest absolute Gasteiger partial charge is 0.493 e. The van der Waals surface area contributed by atoms with Crippen molar-refractivity contribution in [1.82, 2.24) is 14.9 Å². The van der Waals surface area contributed by atoms with Gasteiger partial charge >= 0.3 is 0 Å². The number of morpholine rings is 1. The summed E-state index contributed by atoms with van der Waals surface area (Å²) in [4.78, 5) is 25.9. The van der Waals surface area contributed by atoms with E-state index in [9.17, 15) is 4.79 Å². The van der Waals surface area contributed by atoms with Crippen molar-refractivity contribution in [2.45, 2.75) is 0 Å². The number of benzene rings is 2. The summed E-state index contributed by atoms with van der Waals surface area (Å²) >= 11 is 0. The number of hydrogen-bond donors (Lipinski definition) is 0. The number of fused-ring (bicyclic) bond motifs is 1. The van der Waals surface area contributed by atoms with Crippen LogP contribution in [0, 0.1) is 0 Å². The van der Waals surface area contributed by atoms with E-state index < -0.39 is 0 Å². The van der Waals surface area contributed by atoms with E-state index >= 15 is 0 Å². The molecule has 3 aromatic rings. The molecule has 0 radical (unpaired) electrons. The first-order valence-corrected chi connectivity index (χ1v) is 10.1. The average Bonchev–Trinajstić information content (AvgIpc) is 2.82. The topological polar surface area (TPSA) is 77.0 Å². The van der Waals surface area contributed by atoms with Crippen LogP contribution in [0.3, 0.4) is 0 Å². The van der Waals surface area contributed by atoms with Crippen molar-refractivity contribution in [2.24, 2.45) is 0 Å². The molecule has 8 heteroatoms. The lowest BCUT2D eigenvalue weighted by atomic mass is 10.1. The summed E-state index contributed by atoms with van der Waals surface area (Å²) in [5.74, 6) is 2.52. The Labute approximate surface area is 181 Å². The fourth-order valence-electron chi connectivity index (χ4n) is 3.63. The second kappa shape index (κ2) is 8.77. The molecule has 162 valence electrons. The molecular weight excluding hydrogens is 396 g/mol. The standard InChI is InChI=1S/C23H26N4O4/c1-26(2)23(28)16-7-5-6-15(12-16)21-24-18-14-20(30-4)19(29-3)13-17(18)22(25-21)27-8-10-31-11-9-27/h5-7,12-14H,8-11H2,1-4H3. The first kappa shape index (κ1) is 20.9. The Morgan fingerprint density at radius 3 is 2.42 bits per heavy atom. The molecular formula is C23H26N4O4. The third-order valence-corrected chi connectivity index (χ3v) is 5.27. The van der Waals surface area contributed by atoms with Crippen molar-refractivity contribution in [3.63, 3.8) is 0 Å². The van der Waals surface area contributed by atoms with E-state index in [2.05, 4.69) is 4.90 Å². The van der Waals surface area contributed by atoms with E-state index in [0.717, 1.165) is 35.4 Å². The van der Waals surface area contributed by atoms with Gasteiger partial charge in [0.25, 0.3) is 5.91 Å². The van der Waals surface area contributed by atoms with Gasteiger partial charge in [-0.05, 0) is 18.2 Å². The molecule has 1 saturated heterocycles. The number of aromatic nitrogens is 2. The molecule has 8 nitrogen and oxygen atoms in total. The second-order valence-electron chi connectivity index (χ2n) is 7.47. The number of carbonyl (C=O) groups is 1. The van der Waals surface area contributed by atoms with Crippen molar-refractivity contribution in [1.29, 1.82) is 0 Å². The van der Waals surface area contributed by atoms with Crippen LogP contribution in [-0.4, -0.2) is 75.4 Å². The summed E-state index contributed by atoms with van der Waals surface area (Å²) in [6.07, 6.45) is 0. The molecule has 0 bridgehead atoms. The Hall–Kier alpha value is -3.39. The molecule has 0 N–H and O–H groups in total. The van der Waals surface area contributed by atoms with Crippen molar-refractivity contribution >= 4 is 22.6 Å². The number of amides is 1. The van der Waals surface area contributed by atoms with Crippen LogP contribution in [0.2, 0.25) is 0 Å². The lowest BCUT2D eigenvalue weighted by Gasteiger charge is -2.29. The first-order chi connectivity index (χ1) is 15.0. The van der Waals surface area contributed by atoms with Gasteiger partial charge in [0.05, 0.1) is 33.0 Å². The third kappa shape index (κ3) is 4.11. The van der Waals surface area contributed by atoms with Gasteiger partial charge in [0, 0.05) is 49.8 Å². The SMILES string of the molecule is COc1cc2nc(-c3cccc(C(=O)N(C)C)c3)nc(N3CCOCC3)c2cc1OC. The maximum atomic E-state index is 12.4. The van der Waals surface area contributed by atoms with Crippen LogP contribution in [0.25, 0.3) is 22.3 Å². The summed E-state index contributed by atoms with van der Waals surface area (Å²) < 4.78 is 16.5. The minimum absolute atomic E-state index is 0.0672. The zero-order valence-electron chi connectivity index (χ0n) is 18.2. The van der Waals surface area contributed by atoms with Gasteiger partial charge < -0.3 is 24.0 Å². The normalized spacial score (nSPS) is 13.9. The quantitative estimate of drug-likeness (QED) is 0.626. The van der Waals surface area contributed by atoms with Crippen LogP contribution in [0.15, 0.2) is 36.4 Å². The maximum Gasteiger partial charge on any atom is 0.253 e. The summed E-state index contributed by atoms with van der Waals surface area (Å²) in [6.45, 7) is 2.75. The van der Waals surface area contributed by atoms with Gasteiger partial charge in [0.1, 0.15) is 5.82 Å². The third-order valence-electron chi connectivity index (χ3n) is 5.27. The average molecular weight is 422 g/mol. The fraction of sp³-hybridized carbons (Fsp3) is 0.348. The molecule has 1 aliphatic heterocycles. The van der Waals surface area contributed by atoms with Crippen LogP contribution in [-0.2, 0) is 4.74 Å². The van der Waals surface area contributed by atoms with Crippen molar-refractivity contribution in [3.8, 4) is 22.9 Å². The van der Waals surface area contributed by atoms with Gasteiger partial charge in [0.2, 0.25) is 0 Å². The van der Waals surface area contributed by atoms with E-state index in [1.54, 1.807) is 39.3 Å². The summed E-state index contributed by atoms with van der Waals surface area (Å²) in [5.41, 5.74) is 2.11. The molecule has 0 unspecified atom stereocenters. The minimum Gasteiger partial charge on any atom is -0.493 e. The number of methoxy groups -OCH3 is 2. The summed E-state index contributed by atoms with van der Waals surface area (Å²) in [7, 11) is 6.68. The van der Waals surface area contributed by atoms with Gasteiger partial charge in [0.15, 0.2) is 17.3 Å². The number of hydrogen-bond acceptors (Lipinski definition) is 7. The molecule has 1 fully saturated rings. The van der Waals surface area contributed by atoms with Crippen LogP contribution in [0.5, 0.6) is 11.5 Å². The van der Waals surface area contributed by atoms with E-state index in [4.69, 9.17) is 24.2 Å². The predicted octanol–water partition coefficient (Wildman–Crippen LogP) is 2.85. The molecule has 1 aromatic heterocycles. The van der Waals surface area contributed by atoms with Gasteiger partial charge in [-0.15, -0.1) is 0 Å². The van der Waals surface area contributed by atoms with E-state index in [0.29, 0.717) is 36.1 Å². The van der Waals surface area contributed by atoms with Crippen molar-refractivity contribution in [2.75, 3.05) is 59.5 Å². The van der Waals surface area contributed by atoms with Crippen molar-refractivity contribution in [3.05, 3.63) is 42.0 Å². The van der Waals surface area contributed by atoms with Gasteiger partial charge in [-0.1, -0.05) is 12.1 Å². The zero-order valence-corrected chi connectivity index (χ0v) is 18.2. The smallest absolute Gasteiger partial charge is 0.253 e.